The number of hydrogen-bond acceptors (Lipinski definition) is 6. The van der Waals surface area contributed by atoms with E-state index in [0.29, 0.717) is 35.5 Å². The molecule has 8 heteroatoms. The Morgan fingerprint density at radius 3 is 2.69 bits per heavy atom. The first-order valence-electron chi connectivity index (χ1n) is 8.56. The summed E-state index contributed by atoms with van der Waals surface area (Å²) in [6.45, 7) is 6.35. The fourth-order valence-electron chi connectivity index (χ4n) is 2.84. The van der Waals surface area contributed by atoms with E-state index < -0.39 is 0 Å². The van der Waals surface area contributed by atoms with Crippen molar-refractivity contribution in [3.05, 3.63) is 41.2 Å². The lowest BCUT2D eigenvalue weighted by Gasteiger charge is -2.33. The molecule has 138 valence electrons. The van der Waals surface area contributed by atoms with Crippen LogP contribution in [0.2, 0.25) is 5.02 Å². The van der Waals surface area contributed by atoms with Gasteiger partial charge in [-0.25, -0.2) is 9.97 Å². The van der Waals surface area contributed by atoms with E-state index in [2.05, 4.69) is 27.1 Å². The number of likely N-dealkylation sites (N-methyl/N-ethyl adjacent to an activating group) is 1. The first-order valence-corrected chi connectivity index (χ1v) is 8.93. The highest BCUT2D eigenvalue weighted by Gasteiger charge is 2.22. The van der Waals surface area contributed by atoms with Crippen LogP contribution in [0.15, 0.2) is 30.5 Å². The molecule has 1 aliphatic rings. The smallest absolute Gasteiger partial charge is 0.272 e. The summed E-state index contributed by atoms with van der Waals surface area (Å²) in [6, 6.07) is 6.93. The SMILES string of the molecule is CCN1CCN(C(=O)c2ccnc(Nc3ccc(OC)c(Cl)c3)n2)CC1. The Labute approximate surface area is 157 Å². The second-order valence-electron chi connectivity index (χ2n) is 5.97. The van der Waals surface area contributed by atoms with E-state index in [0.717, 1.165) is 25.3 Å². The van der Waals surface area contributed by atoms with Crippen LogP contribution in [-0.4, -0.2) is 65.5 Å². The van der Waals surface area contributed by atoms with Gasteiger partial charge in [-0.1, -0.05) is 18.5 Å². The molecule has 2 heterocycles. The molecule has 1 aliphatic heterocycles. The van der Waals surface area contributed by atoms with Crippen LogP contribution in [0, 0.1) is 0 Å². The predicted octanol–water partition coefficient (Wildman–Crippen LogP) is 2.66. The van der Waals surface area contributed by atoms with Crippen LogP contribution in [0.1, 0.15) is 17.4 Å². The van der Waals surface area contributed by atoms with Crippen molar-refractivity contribution in [1.82, 2.24) is 19.8 Å². The molecule has 26 heavy (non-hydrogen) atoms. The molecule has 7 nitrogen and oxygen atoms in total. The molecule has 1 N–H and O–H groups in total. The van der Waals surface area contributed by atoms with Gasteiger partial charge < -0.3 is 19.9 Å². The summed E-state index contributed by atoms with van der Waals surface area (Å²) in [4.78, 5) is 25.4. The maximum atomic E-state index is 12.7. The molecule has 1 fully saturated rings. The largest absolute Gasteiger partial charge is 0.495 e. The monoisotopic (exact) mass is 375 g/mol. The molecule has 0 unspecified atom stereocenters. The Bertz CT molecular complexity index is 778. The third-order valence-electron chi connectivity index (χ3n) is 4.39. The summed E-state index contributed by atoms with van der Waals surface area (Å²) < 4.78 is 5.14. The molecule has 0 spiro atoms. The normalized spacial score (nSPS) is 15.0. The molecule has 3 rings (SSSR count). The van der Waals surface area contributed by atoms with Crippen molar-refractivity contribution in [2.24, 2.45) is 0 Å². The third kappa shape index (κ3) is 4.23. The van der Waals surface area contributed by atoms with Crippen LogP contribution in [0.3, 0.4) is 0 Å². The highest BCUT2D eigenvalue weighted by Crippen LogP contribution is 2.28. The molecule has 1 amide bonds. The lowest BCUT2D eigenvalue weighted by molar-refractivity contribution is 0.0637. The fourth-order valence-corrected chi connectivity index (χ4v) is 3.10. The van der Waals surface area contributed by atoms with Gasteiger partial charge in [0.25, 0.3) is 5.91 Å². The van der Waals surface area contributed by atoms with Gasteiger partial charge in [0, 0.05) is 38.1 Å². The zero-order chi connectivity index (χ0) is 18.5. The number of anilines is 2. The number of carbonyl (C=O) groups excluding carboxylic acids is 1. The minimum atomic E-state index is -0.0704. The molecule has 1 aromatic carbocycles. The molecule has 1 saturated heterocycles. The van der Waals surface area contributed by atoms with Crippen LogP contribution in [0.25, 0.3) is 0 Å². The lowest BCUT2D eigenvalue weighted by Crippen LogP contribution is -2.48. The van der Waals surface area contributed by atoms with E-state index >= 15 is 0 Å². The number of hydrogen-bond donors (Lipinski definition) is 1. The maximum absolute atomic E-state index is 12.7. The van der Waals surface area contributed by atoms with E-state index in [1.54, 1.807) is 31.5 Å². The number of rotatable bonds is 5. The van der Waals surface area contributed by atoms with Crippen LogP contribution in [0.4, 0.5) is 11.6 Å². The minimum Gasteiger partial charge on any atom is -0.495 e. The first-order chi connectivity index (χ1) is 12.6. The van der Waals surface area contributed by atoms with Crippen LogP contribution in [0.5, 0.6) is 5.75 Å². The molecular weight excluding hydrogens is 354 g/mol. The highest BCUT2D eigenvalue weighted by molar-refractivity contribution is 6.32. The van der Waals surface area contributed by atoms with Gasteiger partial charge >= 0.3 is 0 Å². The van der Waals surface area contributed by atoms with E-state index in [-0.39, 0.29) is 5.91 Å². The number of methoxy groups -OCH3 is 1. The van der Waals surface area contributed by atoms with Gasteiger partial charge in [0.2, 0.25) is 5.95 Å². The molecule has 0 aliphatic carbocycles. The molecular formula is C18H22ClN5O2. The maximum Gasteiger partial charge on any atom is 0.272 e. The predicted molar refractivity (Wildman–Crippen MR) is 101 cm³/mol. The number of nitrogens with one attached hydrogen (secondary N) is 1. The number of benzene rings is 1. The van der Waals surface area contributed by atoms with Crippen LogP contribution < -0.4 is 10.1 Å². The number of ether oxygens (including phenoxy) is 1. The summed E-state index contributed by atoms with van der Waals surface area (Å²) in [6.07, 6.45) is 1.58. The number of halogens is 1. The van der Waals surface area contributed by atoms with E-state index in [1.165, 1.54) is 0 Å². The van der Waals surface area contributed by atoms with Crippen molar-refractivity contribution in [1.29, 1.82) is 0 Å². The van der Waals surface area contributed by atoms with Gasteiger partial charge in [-0.15, -0.1) is 0 Å². The summed E-state index contributed by atoms with van der Waals surface area (Å²) in [7, 11) is 1.56. The van der Waals surface area contributed by atoms with Gasteiger partial charge in [0.1, 0.15) is 11.4 Å². The topological polar surface area (TPSA) is 70.6 Å². The number of piperazine rings is 1. The average Bonchev–Trinajstić information content (AvgIpc) is 2.68. The molecule has 0 atom stereocenters. The average molecular weight is 376 g/mol. The lowest BCUT2D eigenvalue weighted by atomic mass is 10.2. The van der Waals surface area contributed by atoms with Crippen molar-refractivity contribution in [3.63, 3.8) is 0 Å². The number of nitrogens with zero attached hydrogens (tertiary/aromatic N) is 4. The van der Waals surface area contributed by atoms with Crippen LogP contribution in [-0.2, 0) is 0 Å². The zero-order valence-corrected chi connectivity index (χ0v) is 15.7. The van der Waals surface area contributed by atoms with Crippen molar-refractivity contribution >= 4 is 29.1 Å². The van der Waals surface area contributed by atoms with E-state index in [1.807, 2.05) is 11.0 Å². The van der Waals surface area contributed by atoms with E-state index in [9.17, 15) is 4.79 Å². The molecule has 0 radical (unpaired) electrons. The Balaban J connectivity index is 1.70. The number of carbonyl (C=O) groups is 1. The summed E-state index contributed by atoms with van der Waals surface area (Å²) >= 11 is 6.13. The highest BCUT2D eigenvalue weighted by atomic mass is 35.5. The third-order valence-corrected chi connectivity index (χ3v) is 4.68. The number of aromatic nitrogens is 2. The first kappa shape index (κ1) is 18.4. The van der Waals surface area contributed by atoms with Gasteiger partial charge in [-0.3, -0.25) is 4.79 Å². The zero-order valence-electron chi connectivity index (χ0n) is 14.9. The molecule has 0 bridgehead atoms. The Hall–Kier alpha value is -2.38. The molecule has 0 saturated carbocycles. The summed E-state index contributed by atoms with van der Waals surface area (Å²) in [5.74, 6) is 0.872. The van der Waals surface area contributed by atoms with Crippen molar-refractivity contribution < 1.29 is 9.53 Å². The van der Waals surface area contributed by atoms with Gasteiger partial charge in [0.15, 0.2) is 0 Å². The molecule has 1 aromatic heterocycles. The van der Waals surface area contributed by atoms with Crippen molar-refractivity contribution in [2.45, 2.75) is 6.92 Å². The quantitative estimate of drug-likeness (QED) is 0.866. The van der Waals surface area contributed by atoms with Gasteiger partial charge in [0.05, 0.1) is 12.1 Å². The molecule has 2 aromatic rings. The fraction of sp³-hybridized carbons (Fsp3) is 0.389. The Morgan fingerprint density at radius 1 is 1.27 bits per heavy atom. The second kappa shape index (κ2) is 8.33. The van der Waals surface area contributed by atoms with Gasteiger partial charge in [-0.2, -0.15) is 0 Å². The van der Waals surface area contributed by atoms with Crippen molar-refractivity contribution in [3.8, 4) is 5.75 Å². The minimum absolute atomic E-state index is 0.0704. The summed E-state index contributed by atoms with van der Waals surface area (Å²) in [5, 5.41) is 3.55. The Kier molecular flexibility index (Phi) is 5.90. The number of amides is 1. The van der Waals surface area contributed by atoms with Crippen molar-refractivity contribution in [2.75, 3.05) is 45.2 Å². The van der Waals surface area contributed by atoms with Gasteiger partial charge in [-0.05, 0) is 30.8 Å². The summed E-state index contributed by atoms with van der Waals surface area (Å²) in [5.41, 5.74) is 1.10. The standard InChI is InChI=1S/C18H22ClN5O2/c1-3-23-8-10-24(11-9-23)17(25)15-6-7-20-18(22-15)21-13-4-5-16(26-2)14(19)12-13/h4-7,12H,3,8-11H2,1-2H3,(H,20,21,22). The Morgan fingerprint density at radius 2 is 2.04 bits per heavy atom. The second-order valence-corrected chi connectivity index (χ2v) is 6.37. The van der Waals surface area contributed by atoms with E-state index in [4.69, 9.17) is 16.3 Å². The van der Waals surface area contributed by atoms with Crippen LogP contribution >= 0.6 is 11.6 Å².